The van der Waals surface area contributed by atoms with Gasteiger partial charge in [-0.25, -0.2) is 8.42 Å². The number of nitrogens with one attached hydrogen (secondary N) is 2. The summed E-state index contributed by atoms with van der Waals surface area (Å²) in [6.45, 7) is 0.686. The number of rotatable bonds is 7. The molecule has 1 fully saturated rings. The molecule has 1 saturated heterocycles. The van der Waals surface area contributed by atoms with Gasteiger partial charge in [0.15, 0.2) is 0 Å². The maximum Gasteiger partial charge on any atom is 0.251 e. The molecule has 1 aliphatic rings. The lowest BCUT2D eigenvalue weighted by molar-refractivity contribution is -0.115. The molecule has 8 nitrogen and oxygen atoms in total. The molecule has 3 aromatic rings. The molecule has 1 aliphatic heterocycles. The maximum absolute atomic E-state index is 13.2. The van der Waals surface area contributed by atoms with Gasteiger partial charge in [0.1, 0.15) is 5.75 Å². The van der Waals surface area contributed by atoms with Crippen LogP contribution in [0.1, 0.15) is 36.0 Å². The summed E-state index contributed by atoms with van der Waals surface area (Å²) in [6, 6.07) is 17.4. The second-order valence-corrected chi connectivity index (χ2v) is 10.4. The minimum atomic E-state index is -3.69. The summed E-state index contributed by atoms with van der Waals surface area (Å²) in [5.74, 6) is -0.550. The van der Waals surface area contributed by atoms with Crippen LogP contribution in [0.3, 0.4) is 0 Å². The van der Waals surface area contributed by atoms with Crippen molar-refractivity contribution in [1.82, 2.24) is 9.62 Å². The molecule has 0 aromatic heterocycles. The minimum absolute atomic E-state index is 0.0932. The van der Waals surface area contributed by atoms with E-state index >= 15 is 0 Å². The van der Waals surface area contributed by atoms with Crippen molar-refractivity contribution in [1.29, 1.82) is 0 Å². The van der Waals surface area contributed by atoms with Gasteiger partial charge in [0, 0.05) is 18.7 Å². The number of nitrogens with zero attached hydrogens (tertiary/aromatic N) is 1. The highest BCUT2D eigenvalue weighted by Gasteiger charge is 2.26. The van der Waals surface area contributed by atoms with E-state index in [9.17, 15) is 18.0 Å². The SMILES string of the molecule is COc1ccc(S(=O)(=O)N2CCCCCC2)cc1NC(=O)CNC(=O)c1ccc2ccccc2c1. The number of carbonyl (C=O) groups is 2. The number of ether oxygens (including phenoxy) is 1. The standard InChI is InChI=1S/C26H29N3O5S/c1-34-24-13-12-22(35(32,33)29-14-6-2-3-7-15-29)17-23(24)28-25(30)18-27-26(31)21-11-10-19-8-4-5-9-20(19)16-21/h4-5,8-13,16-17H,2-3,6-7,14-15,18H2,1H3,(H,27,31)(H,28,30). The number of fused-ring (bicyclic) bond motifs is 1. The van der Waals surface area contributed by atoms with Crippen molar-refractivity contribution in [3.63, 3.8) is 0 Å². The first-order valence-corrected chi connectivity index (χ1v) is 13.1. The third-order valence-corrected chi connectivity index (χ3v) is 7.96. The molecule has 0 radical (unpaired) electrons. The van der Waals surface area contributed by atoms with Crippen LogP contribution in [0, 0.1) is 0 Å². The summed E-state index contributed by atoms with van der Waals surface area (Å²) in [7, 11) is -2.25. The van der Waals surface area contributed by atoms with Crippen LogP contribution in [-0.4, -0.2) is 51.3 Å². The Kier molecular flexibility index (Phi) is 7.67. The molecule has 1 heterocycles. The van der Waals surface area contributed by atoms with Crippen LogP contribution in [0.5, 0.6) is 5.75 Å². The first-order chi connectivity index (χ1) is 16.9. The summed E-state index contributed by atoms with van der Waals surface area (Å²) in [5, 5.41) is 7.22. The van der Waals surface area contributed by atoms with Gasteiger partial charge in [-0.15, -0.1) is 0 Å². The van der Waals surface area contributed by atoms with E-state index in [0.717, 1.165) is 36.5 Å². The molecule has 0 spiro atoms. The number of benzene rings is 3. The second-order valence-electron chi connectivity index (χ2n) is 8.47. The zero-order valence-electron chi connectivity index (χ0n) is 19.6. The molecular weight excluding hydrogens is 466 g/mol. The van der Waals surface area contributed by atoms with Crippen molar-refractivity contribution in [2.75, 3.05) is 32.1 Å². The molecule has 0 atom stereocenters. The number of hydrogen-bond donors (Lipinski definition) is 2. The Labute approximate surface area is 205 Å². The maximum atomic E-state index is 13.2. The van der Waals surface area contributed by atoms with Crippen LogP contribution < -0.4 is 15.4 Å². The Morgan fingerprint density at radius 2 is 1.63 bits per heavy atom. The van der Waals surface area contributed by atoms with Gasteiger partial charge in [-0.1, -0.05) is 43.2 Å². The summed E-state index contributed by atoms with van der Waals surface area (Å²) in [5.41, 5.74) is 0.674. The average Bonchev–Trinajstić information content (AvgIpc) is 3.17. The van der Waals surface area contributed by atoms with E-state index in [0.29, 0.717) is 24.4 Å². The van der Waals surface area contributed by atoms with Gasteiger partial charge in [-0.05, 0) is 53.9 Å². The molecule has 2 N–H and O–H groups in total. The lowest BCUT2D eigenvalue weighted by Crippen LogP contribution is -2.33. The Balaban J connectivity index is 1.44. The number of sulfonamides is 1. The number of amides is 2. The average molecular weight is 496 g/mol. The summed E-state index contributed by atoms with van der Waals surface area (Å²) >= 11 is 0. The number of carbonyl (C=O) groups excluding carboxylic acids is 2. The summed E-state index contributed by atoms with van der Waals surface area (Å²) in [6.07, 6.45) is 3.69. The number of hydrogen-bond acceptors (Lipinski definition) is 5. The molecule has 35 heavy (non-hydrogen) atoms. The van der Waals surface area contributed by atoms with Crippen molar-refractivity contribution in [2.45, 2.75) is 30.6 Å². The van der Waals surface area contributed by atoms with E-state index in [1.54, 1.807) is 12.1 Å². The van der Waals surface area contributed by atoms with Gasteiger partial charge in [-0.3, -0.25) is 9.59 Å². The lowest BCUT2D eigenvalue weighted by atomic mass is 10.1. The minimum Gasteiger partial charge on any atom is -0.495 e. The van der Waals surface area contributed by atoms with Crippen molar-refractivity contribution < 1.29 is 22.7 Å². The van der Waals surface area contributed by atoms with Crippen LogP contribution in [0.4, 0.5) is 5.69 Å². The molecular formula is C26H29N3O5S. The first kappa shape index (κ1) is 24.7. The van der Waals surface area contributed by atoms with E-state index < -0.39 is 15.9 Å². The van der Waals surface area contributed by atoms with E-state index in [4.69, 9.17) is 4.74 Å². The fourth-order valence-electron chi connectivity index (χ4n) is 4.16. The summed E-state index contributed by atoms with van der Waals surface area (Å²) in [4.78, 5) is 25.2. The van der Waals surface area contributed by atoms with Crippen LogP contribution >= 0.6 is 0 Å². The monoisotopic (exact) mass is 495 g/mol. The van der Waals surface area contributed by atoms with Crippen LogP contribution in [0.15, 0.2) is 65.6 Å². The van der Waals surface area contributed by atoms with Gasteiger partial charge in [0.25, 0.3) is 5.91 Å². The molecule has 0 unspecified atom stereocenters. The second kappa shape index (κ2) is 10.9. The van der Waals surface area contributed by atoms with Gasteiger partial charge in [0.2, 0.25) is 15.9 Å². The van der Waals surface area contributed by atoms with Gasteiger partial charge < -0.3 is 15.4 Å². The zero-order chi connectivity index (χ0) is 24.8. The van der Waals surface area contributed by atoms with Crippen LogP contribution in [-0.2, 0) is 14.8 Å². The Morgan fingerprint density at radius 1 is 0.914 bits per heavy atom. The molecule has 9 heteroatoms. The third kappa shape index (κ3) is 5.80. The molecule has 0 saturated carbocycles. The van der Waals surface area contributed by atoms with Crippen molar-refractivity contribution in [2.24, 2.45) is 0 Å². The van der Waals surface area contributed by atoms with E-state index in [-0.39, 0.29) is 23.0 Å². The predicted molar refractivity (Wildman–Crippen MR) is 135 cm³/mol. The zero-order valence-corrected chi connectivity index (χ0v) is 20.4. The normalized spacial score (nSPS) is 14.8. The number of anilines is 1. The quantitative estimate of drug-likeness (QED) is 0.519. The number of methoxy groups -OCH3 is 1. The largest absolute Gasteiger partial charge is 0.495 e. The highest BCUT2D eigenvalue weighted by molar-refractivity contribution is 7.89. The Morgan fingerprint density at radius 3 is 2.34 bits per heavy atom. The lowest BCUT2D eigenvalue weighted by Gasteiger charge is -2.21. The molecule has 3 aromatic carbocycles. The van der Waals surface area contributed by atoms with Crippen molar-refractivity contribution in [3.8, 4) is 5.75 Å². The molecule has 4 rings (SSSR count). The smallest absolute Gasteiger partial charge is 0.251 e. The Hall–Kier alpha value is -3.43. The molecule has 0 aliphatic carbocycles. The summed E-state index contributed by atoms with van der Waals surface area (Å²) < 4.78 is 33.1. The predicted octanol–water partition coefficient (Wildman–Crippen LogP) is 3.78. The molecule has 0 bridgehead atoms. The fraction of sp³-hybridized carbons (Fsp3) is 0.308. The van der Waals surface area contributed by atoms with E-state index in [1.807, 2.05) is 30.3 Å². The highest BCUT2D eigenvalue weighted by atomic mass is 32.2. The molecule has 184 valence electrons. The first-order valence-electron chi connectivity index (χ1n) is 11.6. The van der Waals surface area contributed by atoms with Gasteiger partial charge in [-0.2, -0.15) is 4.31 Å². The third-order valence-electron chi connectivity index (χ3n) is 6.07. The van der Waals surface area contributed by atoms with Crippen LogP contribution in [0.2, 0.25) is 0 Å². The van der Waals surface area contributed by atoms with Crippen molar-refractivity contribution in [3.05, 3.63) is 66.2 Å². The van der Waals surface area contributed by atoms with E-state index in [2.05, 4.69) is 10.6 Å². The Bertz CT molecular complexity index is 1330. The topological polar surface area (TPSA) is 105 Å². The van der Waals surface area contributed by atoms with Crippen molar-refractivity contribution >= 4 is 38.3 Å². The van der Waals surface area contributed by atoms with E-state index in [1.165, 1.54) is 29.6 Å². The fourth-order valence-corrected chi connectivity index (χ4v) is 5.71. The molecule has 2 amide bonds. The van der Waals surface area contributed by atoms with Crippen LogP contribution in [0.25, 0.3) is 10.8 Å². The van der Waals surface area contributed by atoms with Gasteiger partial charge in [0.05, 0.1) is 24.2 Å². The van der Waals surface area contributed by atoms with Gasteiger partial charge >= 0.3 is 0 Å². The highest BCUT2D eigenvalue weighted by Crippen LogP contribution is 2.29.